The minimum Gasteiger partial charge on any atom is -0.481 e. The largest absolute Gasteiger partial charge is 0.481 e. The first-order valence-corrected chi connectivity index (χ1v) is 11.2. The maximum absolute atomic E-state index is 12.5. The van der Waals surface area contributed by atoms with Crippen molar-refractivity contribution < 1.29 is 29.0 Å². The van der Waals surface area contributed by atoms with Gasteiger partial charge in [0.1, 0.15) is 12.6 Å². The third-order valence-electron chi connectivity index (χ3n) is 5.47. The Hall–Kier alpha value is -3.88. The summed E-state index contributed by atoms with van der Waals surface area (Å²) < 4.78 is 5.45. The van der Waals surface area contributed by atoms with Gasteiger partial charge < -0.3 is 25.8 Å². The fourth-order valence-corrected chi connectivity index (χ4v) is 3.98. The zero-order valence-corrected chi connectivity index (χ0v) is 19.2. The van der Waals surface area contributed by atoms with Crippen molar-refractivity contribution in [2.75, 3.05) is 13.2 Å². The molecule has 0 fully saturated rings. The predicted octanol–water partition coefficient (Wildman–Crippen LogP) is 2.40. The highest BCUT2D eigenvalue weighted by molar-refractivity contribution is 5.89. The van der Waals surface area contributed by atoms with E-state index >= 15 is 0 Å². The van der Waals surface area contributed by atoms with Gasteiger partial charge in [0.15, 0.2) is 0 Å². The number of carboxylic acids is 1. The highest BCUT2D eigenvalue weighted by atomic mass is 16.5. The molecule has 1 atom stereocenters. The van der Waals surface area contributed by atoms with Crippen LogP contribution in [0.5, 0.6) is 0 Å². The molecule has 0 aromatic heterocycles. The average Bonchev–Trinajstić information content (AvgIpc) is 3.12. The SMILES string of the molecule is CC(C)NC(=O)CNC(=O)C(CCC(=O)O)NC(=O)OCC1c2ccccc2-c2ccccc21. The van der Waals surface area contributed by atoms with Crippen LogP contribution in [0.3, 0.4) is 0 Å². The van der Waals surface area contributed by atoms with Crippen LogP contribution in [0.4, 0.5) is 4.79 Å². The molecule has 0 spiro atoms. The summed E-state index contributed by atoms with van der Waals surface area (Å²) in [4.78, 5) is 47.8. The van der Waals surface area contributed by atoms with E-state index in [4.69, 9.17) is 9.84 Å². The average molecular weight is 468 g/mol. The van der Waals surface area contributed by atoms with Crippen LogP contribution in [0.15, 0.2) is 48.5 Å². The van der Waals surface area contributed by atoms with E-state index in [1.807, 2.05) is 48.5 Å². The number of aliphatic carboxylic acids is 1. The number of benzene rings is 2. The Morgan fingerprint density at radius 3 is 2.09 bits per heavy atom. The van der Waals surface area contributed by atoms with Crippen LogP contribution in [0.25, 0.3) is 11.1 Å². The molecule has 2 aromatic carbocycles. The summed E-state index contributed by atoms with van der Waals surface area (Å²) in [6.45, 7) is 3.35. The Morgan fingerprint density at radius 2 is 1.53 bits per heavy atom. The quantitative estimate of drug-likeness (QED) is 0.424. The number of fused-ring (bicyclic) bond motifs is 3. The van der Waals surface area contributed by atoms with Gasteiger partial charge in [0.25, 0.3) is 0 Å². The Bertz CT molecular complexity index is 1020. The first-order chi connectivity index (χ1) is 16.3. The van der Waals surface area contributed by atoms with Gasteiger partial charge in [0.05, 0.1) is 6.54 Å². The third-order valence-corrected chi connectivity index (χ3v) is 5.47. The van der Waals surface area contributed by atoms with E-state index in [0.717, 1.165) is 22.3 Å². The topological polar surface area (TPSA) is 134 Å². The Labute approximate surface area is 197 Å². The van der Waals surface area contributed by atoms with Crippen LogP contribution >= 0.6 is 0 Å². The number of hydrogen-bond acceptors (Lipinski definition) is 5. The highest BCUT2D eigenvalue weighted by Gasteiger charge is 2.30. The number of carbonyl (C=O) groups excluding carboxylic acids is 3. The molecule has 9 nitrogen and oxygen atoms in total. The van der Waals surface area contributed by atoms with Gasteiger partial charge in [-0.1, -0.05) is 48.5 Å². The smallest absolute Gasteiger partial charge is 0.407 e. The lowest BCUT2D eigenvalue weighted by atomic mass is 9.98. The van der Waals surface area contributed by atoms with E-state index < -0.39 is 24.0 Å². The van der Waals surface area contributed by atoms with Crippen molar-refractivity contribution >= 4 is 23.9 Å². The second-order valence-corrected chi connectivity index (χ2v) is 8.39. The fourth-order valence-electron chi connectivity index (χ4n) is 3.98. The zero-order chi connectivity index (χ0) is 24.7. The van der Waals surface area contributed by atoms with Crippen LogP contribution in [0.1, 0.15) is 43.7 Å². The van der Waals surface area contributed by atoms with Crippen molar-refractivity contribution in [2.24, 2.45) is 0 Å². The van der Waals surface area contributed by atoms with E-state index in [1.165, 1.54) is 0 Å². The second-order valence-electron chi connectivity index (χ2n) is 8.39. The Kier molecular flexibility index (Phi) is 8.24. The van der Waals surface area contributed by atoms with Gasteiger partial charge in [0.2, 0.25) is 11.8 Å². The maximum Gasteiger partial charge on any atom is 0.407 e. The molecule has 0 saturated carbocycles. The summed E-state index contributed by atoms with van der Waals surface area (Å²) in [5.74, 6) is -2.30. The molecule has 0 radical (unpaired) electrons. The predicted molar refractivity (Wildman–Crippen MR) is 125 cm³/mol. The molecule has 180 valence electrons. The van der Waals surface area contributed by atoms with E-state index in [1.54, 1.807) is 13.8 Å². The summed E-state index contributed by atoms with van der Waals surface area (Å²) in [6, 6.07) is 14.6. The number of ether oxygens (including phenoxy) is 1. The van der Waals surface area contributed by atoms with Gasteiger partial charge in [-0.2, -0.15) is 0 Å². The molecular weight excluding hydrogens is 438 g/mol. The normalized spacial score (nSPS) is 12.9. The van der Waals surface area contributed by atoms with Crippen molar-refractivity contribution in [3.63, 3.8) is 0 Å². The van der Waals surface area contributed by atoms with Gasteiger partial charge >= 0.3 is 12.1 Å². The molecule has 34 heavy (non-hydrogen) atoms. The fraction of sp³-hybridized carbons (Fsp3) is 0.360. The molecule has 0 heterocycles. The Morgan fingerprint density at radius 1 is 0.941 bits per heavy atom. The van der Waals surface area contributed by atoms with Gasteiger partial charge in [-0.25, -0.2) is 4.79 Å². The molecule has 4 N–H and O–H groups in total. The van der Waals surface area contributed by atoms with Crippen molar-refractivity contribution in [3.05, 3.63) is 59.7 Å². The first kappa shape index (κ1) is 24.8. The molecule has 3 rings (SSSR count). The highest BCUT2D eigenvalue weighted by Crippen LogP contribution is 2.44. The lowest BCUT2D eigenvalue weighted by molar-refractivity contribution is -0.137. The number of rotatable bonds is 10. The second kappa shape index (κ2) is 11.3. The minimum atomic E-state index is -1.15. The summed E-state index contributed by atoms with van der Waals surface area (Å²) in [6.07, 6.45) is -1.31. The number of hydrogen-bond donors (Lipinski definition) is 4. The van der Waals surface area contributed by atoms with Crippen molar-refractivity contribution in [2.45, 2.75) is 44.7 Å². The number of carbonyl (C=O) groups is 4. The molecule has 1 unspecified atom stereocenters. The monoisotopic (exact) mass is 467 g/mol. The molecule has 1 aliphatic rings. The Balaban J connectivity index is 1.61. The van der Waals surface area contributed by atoms with E-state index in [2.05, 4.69) is 16.0 Å². The van der Waals surface area contributed by atoms with Crippen molar-refractivity contribution in [1.82, 2.24) is 16.0 Å². The minimum absolute atomic E-state index is 0.0594. The summed E-state index contributed by atoms with van der Waals surface area (Å²) in [5, 5.41) is 16.5. The zero-order valence-electron chi connectivity index (χ0n) is 19.2. The van der Waals surface area contributed by atoms with Crippen LogP contribution in [-0.2, 0) is 19.1 Å². The molecule has 3 amide bonds. The van der Waals surface area contributed by atoms with E-state index in [9.17, 15) is 19.2 Å². The summed E-state index contributed by atoms with van der Waals surface area (Å²) in [7, 11) is 0. The van der Waals surface area contributed by atoms with E-state index in [-0.39, 0.29) is 43.9 Å². The van der Waals surface area contributed by atoms with Crippen LogP contribution < -0.4 is 16.0 Å². The lowest BCUT2D eigenvalue weighted by Gasteiger charge is -2.19. The van der Waals surface area contributed by atoms with Gasteiger partial charge in [-0.3, -0.25) is 14.4 Å². The maximum atomic E-state index is 12.5. The summed E-state index contributed by atoms with van der Waals surface area (Å²) >= 11 is 0. The van der Waals surface area contributed by atoms with E-state index in [0.29, 0.717) is 0 Å². The molecule has 0 saturated heterocycles. The third kappa shape index (κ3) is 6.34. The van der Waals surface area contributed by atoms with Crippen LogP contribution in [-0.4, -0.2) is 54.2 Å². The van der Waals surface area contributed by atoms with Crippen molar-refractivity contribution in [1.29, 1.82) is 0 Å². The van der Waals surface area contributed by atoms with Crippen LogP contribution in [0.2, 0.25) is 0 Å². The molecule has 0 bridgehead atoms. The first-order valence-electron chi connectivity index (χ1n) is 11.2. The lowest BCUT2D eigenvalue weighted by Crippen LogP contribution is -2.49. The van der Waals surface area contributed by atoms with Gasteiger partial charge in [-0.15, -0.1) is 0 Å². The molecular formula is C25H29N3O6. The molecule has 0 aliphatic heterocycles. The molecule has 1 aliphatic carbocycles. The summed E-state index contributed by atoms with van der Waals surface area (Å²) in [5.41, 5.74) is 4.27. The standard InChI is InChI=1S/C25H29N3O6/c1-15(2)27-22(29)13-26-24(32)21(11-12-23(30)31)28-25(33)34-14-20-18-9-5-3-7-16(18)17-8-4-6-10-19(17)20/h3-10,15,20-21H,11-14H2,1-2H3,(H,26,32)(H,27,29)(H,28,33)(H,30,31). The number of nitrogens with one attached hydrogen (secondary N) is 3. The van der Waals surface area contributed by atoms with Crippen molar-refractivity contribution in [3.8, 4) is 11.1 Å². The van der Waals surface area contributed by atoms with Crippen LogP contribution in [0, 0.1) is 0 Å². The molecule has 9 heteroatoms. The number of carboxylic acid groups (broad SMARTS) is 1. The van der Waals surface area contributed by atoms with Gasteiger partial charge in [-0.05, 0) is 42.5 Å². The number of amides is 3. The number of alkyl carbamates (subject to hydrolysis) is 1. The van der Waals surface area contributed by atoms with Gasteiger partial charge in [0, 0.05) is 18.4 Å². The molecule has 2 aromatic rings.